The number of hydrogen-bond donors (Lipinski definition) is 2. The zero-order valence-electron chi connectivity index (χ0n) is 16.1. The van der Waals surface area contributed by atoms with E-state index in [-0.39, 0.29) is 25.9 Å². The molecule has 0 radical (unpaired) electrons. The third kappa shape index (κ3) is 9.48. The molecular formula is C19H27NO7. The van der Waals surface area contributed by atoms with Crippen molar-refractivity contribution in [1.29, 1.82) is 0 Å². The van der Waals surface area contributed by atoms with Crippen molar-refractivity contribution >= 4 is 18.0 Å². The predicted molar refractivity (Wildman–Crippen MR) is 97.4 cm³/mol. The number of alkyl carbamates (subject to hydrolysis) is 1. The predicted octanol–water partition coefficient (Wildman–Crippen LogP) is 2.89. The first-order chi connectivity index (χ1) is 12.6. The summed E-state index contributed by atoms with van der Waals surface area (Å²) in [5, 5.41) is 11.2. The summed E-state index contributed by atoms with van der Waals surface area (Å²) >= 11 is 0. The Bertz CT molecular complexity index is 634. The van der Waals surface area contributed by atoms with E-state index in [0.29, 0.717) is 5.75 Å². The fraction of sp³-hybridized carbons (Fsp3) is 0.526. The number of ether oxygens (including phenoxy) is 3. The minimum atomic E-state index is -0.988. The molecule has 1 amide bonds. The lowest BCUT2D eigenvalue weighted by atomic mass is 10.1. The van der Waals surface area contributed by atoms with Gasteiger partial charge in [0.15, 0.2) is 0 Å². The SMILES string of the molecule is COc1ccc(COC(=O)[C@H](CCCC(=O)O)NC(=O)OC(C)(C)C)cc1. The monoisotopic (exact) mass is 381 g/mol. The number of amides is 1. The van der Waals surface area contributed by atoms with Crippen molar-refractivity contribution < 1.29 is 33.7 Å². The van der Waals surface area contributed by atoms with Gasteiger partial charge in [-0.3, -0.25) is 4.79 Å². The van der Waals surface area contributed by atoms with E-state index in [4.69, 9.17) is 19.3 Å². The Labute approximate surface area is 158 Å². The summed E-state index contributed by atoms with van der Waals surface area (Å²) in [5.41, 5.74) is 0.0357. The maximum absolute atomic E-state index is 12.4. The molecule has 0 aliphatic carbocycles. The molecule has 0 aliphatic heterocycles. The van der Waals surface area contributed by atoms with Crippen LogP contribution in [0.25, 0.3) is 0 Å². The number of carbonyl (C=O) groups is 3. The first-order valence-corrected chi connectivity index (χ1v) is 8.61. The molecule has 0 saturated carbocycles. The number of rotatable bonds is 9. The van der Waals surface area contributed by atoms with E-state index in [9.17, 15) is 14.4 Å². The van der Waals surface area contributed by atoms with Crippen molar-refractivity contribution in [2.75, 3.05) is 7.11 Å². The van der Waals surface area contributed by atoms with Crippen LogP contribution in [-0.4, -0.2) is 41.9 Å². The first-order valence-electron chi connectivity index (χ1n) is 8.61. The van der Waals surface area contributed by atoms with E-state index in [1.54, 1.807) is 52.1 Å². The van der Waals surface area contributed by atoms with Gasteiger partial charge in [-0.25, -0.2) is 9.59 Å². The van der Waals surface area contributed by atoms with Crippen molar-refractivity contribution in [3.05, 3.63) is 29.8 Å². The Morgan fingerprint density at radius 1 is 1.15 bits per heavy atom. The van der Waals surface area contributed by atoms with Gasteiger partial charge >= 0.3 is 18.0 Å². The third-order valence-electron chi connectivity index (χ3n) is 3.40. The highest BCUT2D eigenvalue weighted by atomic mass is 16.6. The van der Waals surface area contributed by atoms with Gasteiger partial charge in [-0.2, -0.15) is 0 Å². The molecule has 2 N–H and O–H groups in total. The van der Waals surface area contributed by atoms with Crippen molar-refractivity contribution in [3.63, 3.8) is 0 Å². The van der Waals surface area contributed by atoms with Crippen LogP contribution < -0.4 is 10.1 Å². The summed E-state index contributed by atoms with van der Waals surface area (Å²) < 4.78 is 15.5. The molecule has 8 heteroatoms. The molecule has 0 spiro atoms. The second kappa shape index (κ2) is 10.4. The van der Waals surface area contributed by atoms with Crippen LogP contribution in [0.15, 0.2) is 24.3 Å². The largest absolute Gasteiger partial charge is 0.497 e. The van der Waals surface area contributed by atoms with E-state index in [2.05, 4.69) is 5.32 Å². The number of benzene rings is 1. The molecule has 0 heterocycles. The maximum atomic E-state index is 12.4. The normalized spacial score (nSPS) is 12.0. The smallest absolute Gasteiger partial charge is 0.408 e. The van der Waals surface area contributed by atoms with Gasteiger partial charge < -0.3 is 24.6 Å². The third-order valence-corrected chi connectivity index (χ3v) is 3.40. The lowest BCUT2D eigenvalue weighted by Gasteiger charge is -2.23. The Balaban J connectivity index is 2.66. The van der Waals surface area contributed by atoms with Gasteiger partial charge in [-0.05, 0) is 51.3 Å². The molecule has 0 fully saturated rings. The average molecular weight is 381 g/mol. The first kappa shape index (κ1) is 22.3. The van der Waals surface area contributed by atoms with Gasteiger partial charge in [0.05, 0.1) is 7.11 Å². The fourth-order valence-corrected chi connectivity index (χ4v) is 2.13. The lowest BCUT2D eigenvalue weighted by molar-refractivity contribution is -0.148. The van der Waals surface area contributed by atoms with Crippen molar-refractivity contribution in [1.82, 2.24) is 5.32 Å². The second-order valence-electron chi connectivity index (χ2n) is 6.94. The van der Waals surface area contributed by atoms with Crippen LogP contribution in [0.3, 0.4) is 0 Å². The molecule has 0 aromatic heterocycles. The Morgan fingerprint density at radius 3 is 2.30 bits per heavy atom. The highest BCUT2D eigenvalue weighted by Gasteiger charge is 2.25. The fourth-order valence-electron chi connectivity index (χ4n) is 2.13. The number of hydrogen-bond acceptors (Lipinski definition) is 6. The van der Waals surface area contributed by atoms with Crippen LogP contribution in [0, 0.1) is 0 Å². The quantitative estimate of drug-likeness (QED) is 0.633. The molecule has 0 unspecified atom stereocenters. The number of carboxylic acids is 1. The van der Waals surface area contributed by atoms with E-state index in [1.807, 2.05) is 0 Å². The molecule has 150 valence electrons. The molecule has 8 nitrogen and oxygen atoms in total. The van der Waals surface area contributed by atoms with Gasteiger partial charge in [0.25, 0.3) is 0 Å². The molecule has 27 heavy (non-hydrogen) atoms. The molecule has 1 rings (SSSR count). The van der Waals surface area contributed by atoms with E-state index in [0.717, 1.165) is 5.56 Å². The van der Waals surface area contributed by atoms with E-state index < -0.39 is 29.7 Å². The highest BCUT2D eigenvalue weighted by Crippen LogP contribution is 2.13. The van der Waals surface area contributed by atoms with Gasteiger partial charge in [0.2, 0.25) is 0 Å². The molecule has 1 atom stereocenters. The summed E-state index contributed by atoms with van der Waals surface area (Å²) in [6.45, 7) is 5.13. The van der Waals surface area contributed by atoms with Crippen LogP contribution >= 0.6 is 0 Å². The van der Waals surface area contributed by atoms with Crippen molar-refractivity contribution in [2.45, 2.75) is 58.3 Å². The van der Waals surface area contributed by atoms with Crippen LogP contribution in [-0.2, 0) is 25.7 Å². The number of carbonyl (C=O) groups excluding carboxylic acids is 2. The van der Waals surface area contributed by atoms with E-state index >= 15 is 0 Å². The zero-order valence-corrected chi connectivity index (χ0v) is 16.1. The summed E-state index contributed by atoms with van der Waals surface area (Å²) in [4.78, 5) is 35.0. The van der Waals surface area contributed by atoms with Crippen LogP contribution in [0.5, 0.6) is 5.75 Å². The second-order valence-corrected chi connectivity index (χ2v) is 6.94. The summed E-state index contributed by atoms with van der Waals surface area (Å²) in [5.74, 6) is -0.942. The number of esters is 1. The van der Waals surface area contributed by atoms with Gasteiger partial charge in [-0.15, -0.1) is 0 Å². The van der Waals surface area contributed by atoms with Crippen LogP contribution in [0.2, 0.25) is 0 Å². The van der Waals surface area contributed by atoms with Crippen molar-refractivity contribution in [3.8, 4) is 5.75 Å². The average Bonchev–Trinajstić information content (AvgIpc) is 2.57. The summed E-state index contributed by atoms with van der Waals surface area (Å²) in [6.07, 6.45) is -0.525. The molecule has 1 aromatic carbocycles. The Morgan fingerprint density at radius 2 is 1.78 bits per heavy atom. The minimum Gasteiger partial charge on any atom is -0.497 e. The molecular weight excluding hydrogens is 354 g/mol. The summed E-state index contributed by atoms with van der Waals surface area (Å²) in [7, 11) is 1.55. The number of carboxylic acid groups (broad SMARTS) is 1. The molecule has 1 aromatic rings. The van der Waals surface area contributed by atoms with Crippen molar-refractivity contribution in [2.24, 2.45) is 0 Å². The van der Waals surface area contributed by atoms with Gasteiger partial charge in [-0.1, -0.05) is 12.1 Å². The van der Waals surface area contributed by atoms with Gasteiger partial charge in [0, 0.05) is 6.42 Å². The number of methoxy groups -OCH3 is 1. The maximum Gasteiger partial charge on any atom is 0.408 e. The topological polar surface area (TPSA) is 111 Å². The molecule has 0 saturated heterocycles. The lowest BCUT2D eigenvalue weighted by Crippen LogP contribution is -2.44. The standard InChI is InChI=1S/C19H27NO7/c1-19(2,3)27-18(24)20-15(6-5-7-16(21)22)17(23)26-12-13-8-10-14(25-4)11-9-13/h8-11,15H,5-7,12H2,1-4H3,(H,20,24)(H,21,22)/t15-/m0/s1. The minimum absolute atomic E-state index is 0.0221. The molecule has 0 bridgehead atoms. The molecule has 0 aliphatic rings. The van der Waals surface area contributed by atoms with E-state index in [1.165, 1.54) is 0 Å². The number of aliphatic carboxylic acids is 1. The highest BCUT2D eigenvalue weighted by molar-refractivity contribution is 5.81. The number of nitrogens with one attached hydrogen (secondary N) is 1. The Kier molecular flexibility index (Phi) is 8.58. The Hall–Kier alpha value is -2.77. The van der Waals surface area contributed by atoms with Gasteiger partial charge in [0.1, 0.15) is 24.0 Å². The van der Waals surface area contributed by atoms with Crippen LogP contribution in [0.1, 0.15) is 45.6 Å². The zero-order chi connectivity index (χ0) is 20.4. The summed E-state index contributed by atoms with van der Waals surface area (Å²) in [6, 6.07) is 6.01. The van der Waals surface area contributed by atoms with Crippen LogP contribution in [0.4, 0.5) is 4.79 Å².